The van der Waals surface area contributed by atoms with Crippen LogP contribution in [0.25, 0.3) is 0 Å². The summed E-state index contributed by atoms with van der Waals surface area (Å²) in [6, 6.07) is 15.9. The fourth-order valence-corrected chi connectivity index (χ4v) is 3.67. The molecule has 0 N–H and O–H groups in total. The zero-order chi connectivity index (χ0) is 18.5. The van der Waals surface area contributed by atoms with Gasteiger partial charge in [-0.15, -0.1) is 0 Å². The van der Waals surface area contributed by atoms with Gasteiger partial charge < -0.3 is 14.4 Å². The van der Waals surface area contributed by atoms with E-state index < -0.39 is 0 Å². The van der Waals surface area contributed by atoms with Gasteiger partial charge in [0.2, 0.25) is 5.91 Å². The van der Waals surface area contributed by atoms with Crippen molar-refractivity contribution in [3.05, 3.63) is 64.7 Å². The third-order valence-electron chi connectivity index (χ3n) is 4.85. The maximum Gasteiger partial charge on any atom is 0.223 e. The predicted molar refractivity (Wildman–Crippen MR) is 103 cm³/mol. The summed E-state index contributed by atoms with van der Waals surface area (Å²) in [6.07, 6.45) is 0.400. The zero-order valence-corrected chi connectivity index (χ0v) is 15.9. The highest BCUT2D eigenvalue weighted by atomic mass is 35.5. The first-order valence-electron chi connectivity index (χ1n) is 8.85. The van der Waals surface area contributed by atoms with E-state index in [1.54, 1.807) is 7.11 Å². The number of amides is 1. The smallest absolute Gasteiger partial charge is 0.223 e. The molecule has 2 atom stereocenters. The van der Waals surface area contributed by atoms with Crippen LogP contribution < -0.4 is 4.74 Å². The minimum atomic E-state index is -0.0536. The van der Waals surface area contributed by atoms with Crippen LogP contribution in [0.4, 0.5) is 0 Å². The van der Waals surface area contributed by atoms with E-state index in [4.69, 9.17) is 21.1 Å². The van der Waals surface area contributed by atoms with Crippen molar-refractivity contribution in [1.82, 2.24) is 4.90 Å². The van der Waals surface area contributed by atoms with Gasteiger partial charge in [0, 0.05) is 18.9 Å². The van der Waals surface area contributed by atoms with Crippen molar-refractivity contribution in [1.29, 1.82) is 0 Å². The number of halogens is 1. The molecule has 5 heteroatoms. The number of hydrogen-bond donors (Lipinski definition) is 0. The molecule has 138 valence electrons. The average molecular weight is 374 g/mol. The minimum Gasteiger partial charge on any atom is -0.495 e. The Kier molecular flexibility index (Phi) is 6.17. The summed E-state index contributed by atoms with van der Waals surface area (Å²) >= 11 is 6.33. The molecule has 2 aromatic carbocycles. The lowest BCUT2D eigenvalue weighted by Crippen LogP contribution is -2.47. The number of morpholine rings is 1. The van der Waals surface area contributed by atoms with E-state index in [9.17, 15) is 4.79 Å². The normalized spacial score (nSPS) is 18.4. The van der Waals surface area contributed by atoms with Crippen LogP contribution in [0.15, 0.2) is 48.5 Å². The maximum absolute atomic E-state index is 13.0. The lowest BCUT2D eigenvalue weighted by molar-refractivity contribution is -0.139. The second kappa shape index (κ2) is 8.56. The molecule has 1 fully saturated rings. The van der Waals surface area contributed by atoms with Crippen molar-refractivity contribution in [2.24, 2.45) is 0 Å². The van der Waals surface area contributed by atoms with Crippen molar-refractivity contribution in [2.75, 3.05) is 26.9 Å². The van der Waals surface area contributed by atoms with Gasteiger partial charge in [-0.2, -0.15) is 0 Å². The van der Waals surface area contributed by atoms with Crippen LogP contribution in [-0.2, 0) is 9.53 Å². The molecule has 4 nitrogen and oxygen atoms in total. The zero-order valence-electron chi connectivity index (χ0n) is 15.2. The third-order valence-corrected chi connectivity index (χ3v) is 5.14. The lowest BCUT2D eigenvalue weighted by Gasteiger charge is -2.34. The molecule has 1 amide bonds. The van der Waals surface area contributed by atoms with Crippen molar-refractivity contribution >= 4 is 17.5 Å². The number of methoxy groups -OCH3 is 1. The Morgan fingerprint density at radius 2 is 2.04 bits per heavy atom. The largest absolute Gasteiger partial charge is 0.495 e. The van der Waals surface area contributed by atoms with Crippen molar-refractivity contribution in [3.8, 4) is 5.75 Å². The highest BCUT2D eigenvalue weighted by molar-refractivity contribution is 6.32. The summed E-state index contributed by atoms with van der Waals surface area (Å²) in [4.78, 5) is 14.9. The quantitative estimate of drug-likeness (QED) is 0.791. The Bertz CT molecular complexity index is 750. The highest BCUT2D eigenvalue weighted by Crippen LogP contribution is 2.34. The van der Waals surface area contributed by atoms with Crippen LogP contribution in [-0.4, -0.2) is 43.7 Å². The van der Waals surface area contributed by atoms with Crippen LogP contribution in [0, 0.1) is 0 Å². The number of carbonyl (C=O) groups is 1. The van der Waals surface area contributed by atoms with E-state index in [1.807, 2.05) is 48.2 Å². The summed E-state index contributed by atoms with van der Waals surface area (Å²) in [5, 5.41) is 0.554. The minimum absolute atomic E-state index is 0.0536. The predicted octanol–water partition coefficient (Wildman–Crippen LogP) is 4.12. The Labute approximate surface area is 159 Å². The first kappa shape index (κ1) is 18.7. The molecule has 2 aromatic rings. The first-order valence-corrected chi connectivity index (χ1v) is 9.23. The molecule has 1 saturated heterocycles. The lowest BCUT2D eigenvalue weighted by atomic mass is 9.88. The fourth-order valence-electron chi connectivity index (χ4n) is 3.40. The van der Waals surface area contributed by atoms with E-state index in [0.717, 1.165) is 11.1 Å². The summed E-state index contributed by atoms with van der Waals surface area (Å²) in [7, 11) is 1.60. The molecule has 1 aliphatic heterocycles. The number of ether oxygens (including phenoxy) is 2. The van der Waals surface area contributed by atoms with Crippen molar-refractivity contribution in [3.63, 3.8) is 0 Å². The average Bonchev–Trinajstić information content (AvgIpc) is 2.67. The topological polar surface area (TPSA) is 38.8 Å². The van der Waals surface area contributed by atoms with E-state index in [1.165, 1.54) is 0 Å². The van der Waals surface area contributed by atoms with E-state index in [-0.39, 0.29) is 17.9 Å². The second-order valence-electron chi connectivity index (χ2n) is 6.57. The van der Waals surface area contributed by atoms with Crippen LogP contribution in [0.2, 0.25) is 5.02 Å². The van der Waals surface area contributed by atoms with E-state index in [0.29, 0.717) is 37.0 Å². The molecular weight excluding hydrogens is 350 g/mol. The fraction of sp³-hybridized carbons (Fsp3) is 0.381. The molecule has 26 heavy (non-hydrogen) atoms. The van der Waals surface area contributed by atoms with Gasteiger partial charge in [0.05, 0.1) is 31.4 Å². The molecule has 0 aromatic heterocycles. The van der Waals surface area contributed by atoms with Crippen LogP contribution >= 0.6 is 11.6 Å². The Morgan fingerprint density at radius 1 is 1.27 bits per heavy atom. The third kappa shape index (κ3) is 4.19. The summed E-state index contributed by atoms with van der Waals surface area (Å²) in [6.45, 7) is 3.86. The Balaban J connectivity index is 1.89. The van der Waals surface area contributed by atoms with Gasteiger partial charge in [0.25, 0.3) is 0 Å². The summed E-state index contributed by atoms with van der Waals surface area (Å²) in [5.74, 6) is 0.721. The standard InChI is InChI=1S/C21H24ClNO3/c1-15-14-26-11-10-23(15)21(24)13-18(16-6-4-3-5-7-16)17-8-9-20(25-2)19(22)12-17/h3-9,12,15,18H,10-11,13-14H2,1-2H3. The second-order valence-corrected chi connectivity index (χ2v) is 6.98. The van der Waals surface area contributed by atoms with Crippen LogP contribution in [0.5, 0.6) is 5.75 Å². The SMILES string of the molecule is COc1ccc(C(CC(=O)N2CCOCC2C)c2ccccc2)cc1Cl. The first-order chi connectivity index (χ1) is 12.6. The molecule has 3 rings (SSSR count). The van der Waals surface area contributed by atoms with E-state index in [2.05, 4.69) is 12.1 Å². The van der Waals surface area contributed by atoms with Gasteiger partial charge in [-0.25, -0.2) is 0 Å². The van der Waals surface area contributed by atoms with Gasteiger partial charge in [-0.1, -0.05) is 48.0 Å². The molecule has 0 radical (unpaired) electrons. The number of hydrogen-bond acceptors (Lipinski definition) is 3. The van der Waals surface area contributed by atoms with E-state index >= 15 is 0 Å². The molecule has 0 aliphatic carbocycles. The molecular formula is C21H24ClNO3. The number of benzene rings is 2. The van der Waals surface area contributed by atoms with Gasteiger partial charge in [-0.3, -0.25) is 4.79 Å². The van der Waals surface area contributed by atoms with Gasteiger partial charge in [0.15, 0.2) is 0 Å². The molecule has 2 unspecified atom stereocenters. The molecule has 0 bridgehead atoms. The Hall–Kier alpha value is -2.04. The number of nitrogens with zero attached hydrogens (tertiary/aromatic N) is 1. The van der Waals surface area contributed by atoms with Crippen LogP contribution in [0.3, 0.4) is 0 Å². The van der Waals surface area contributed by atoms with Crippen molar-refractivity contribution < 1.29 is 14.3 Å². The maximum atomic E-state index is 13.0. The Morgan fingerprint density at radius 3 is 2.69 bits per heavy atom. The summed E-state index contributed by atoms with van der Waals surface area (Å²) < 4.78 is 10.7. The molecule has 1 aliphatic rings. The molecule has 0 saturated carbocycles. The van der Waals surface area contributed by atoms with Gasteiger partial charge in [0.1, 0.15) is 5.75 Å². The van der Waals surface area contributed by atoms with Gasteiger partial charge >= 0.3 is 0 Å². The molecule has 0 spiro atoms. The van der Waals surface area contributed by atoms with Gasteiger partial charge in [-0.05, 0) is 30.2 Å². The number of rotatable bonds is 5. The van der Waals surface area contributed by atoms with Crippen LogP contribution in [0.1, 0.15) is 30.4 Å². The summed E-state index contributed by atoms with van der Waals surface area (Å²) in [5.41, 5.74) is 2.11. The number of carbonyl (C=O) groups excluding carboxylic acids is 1. The monoisotopic (exact) mass is 373 g/mol. The van der Waals surface area contributed by atoms with Crippen molar-refractivity contribution in [2.45, 2.75) is 25.3 Å². The highest BCUT2D eigenvalue weighted by Gasteiger charge is 2.27. The molecule has 1 heterocycles.